The number of methoxy groups -OCH3 is 2. The Kier molecular flexibility index (Phi) is 4.51. The highest BCUT2D eigenvalue weighted by atomic mass is 16.5. The van der Waals surface area contributed by atoms with E-state index in [9.17, 15) is 9.59 Å². The number of benzene rings is 1. The molecule has 0 fully saturated rings. The molecule has 0 aliphatic rings. The number of carboxylic acid groups (broad SMARTS) is 1. The van der Waals surface area contributed by atoms with Crippen LogP contribution < -0.4 is 4.74 Å². The first-order valence-electron chi connectivity index (χ1n) is 5.02. The molecule has 0 spiro atoms. The Morgan fingerprint density at radius 3 is 2.59 bits per heavy atom. The zero-order valence-electron chi connectivity index (χ0n) is 9.67. The molecule has 1 aromatic carbocycles. The Labute approximate surface area is 99.0 Å². The van der Waals surface area contributed by atoms with Crippen LogP contribution in [0.25, 0.3) is 0 Å². The van der Waals surface area contributed by atoms with E-state index in [4.69, 9.17) is 9.84 Å². The Morgan fingerprint density at radius 1 is 1.35 bits per heavy atom. The van der Waals surface area contributed by atoms with E-state index in [-0.39, 0.29) is 6.42 Å². The third kappa shape index (κ3) is 3.48. The van der Waals surface area contributed by atoms with Gasteiger partial charge in [-0.05, 0) is 17.7 Å². The molecule has 0 heterocycles. The highest BCUT2D eigenvalue weighted by Gasteiger charge is 2.24. The highest BCUT2D eigenvalue weighted by molar-refractivity contribution is 5.83. The van der Waals surface area contributed by atoms with E-state index in [0.717, 1.165) is 0 Å². The molecule has 1 N–H and O–H groups in total. The van der Waals surface area contributed by atoms with Crippen LogP contribution in [-0.2, 0) is 14.3 Å². The number of hydrogen-bond acceptors (Lipinski definition) is 4. The van der Waals surface area contributed by atoms with E-state index >= 15 is 0 Å². The van der Waals surface area contributed by atoms with E-state index in [1.54, 1.807) is 24.3 Å². The van der Waals surface area contributed by atoms with Gasteiger partial charge in [-0.15, -0.1) is 0 Å². The molecule has 0 saturated carbocycles. The average molecular weight is 238 g/mol. The first-order chi connectivity index (χ1) is 8.08. The lowest BCUT2D eigenvalue weighted by atomic mass is 9.96. The monoisotopic (exact) mass is 238 g/mol. The van der Waals surface area contributed by atoms with Gasteiger partial charge in [0.25, 0.3) is 0 Å². The van der Waals surface area contributed by atoms with Crippen molar-refractivity contribution in [3.05, 3.63) is 29.8 Å². The molecule has 1 aromatic rings. The Bertz CT molecular complexity index is 413. The second-order valence-electron chi connectivity index (χ2n) is 3.45. The standard InChI is InChI=1S/C12H14O5/c1-16-9-5-3-4-8(6-9)10(12(14)15)7-11(13)17-2/h3-6,10H,7H2,1-2H3,(H,14,15)/t10-/m1/s1. The van der Waals surface area contributed by atoms with Crippen molar-refractivity contribution < 1.29 is 24.2 Å². The van der Waals surface area contributed by atoms with Crippen molar-refractivity contribution >= 4 is 11.9 Å². The average Bonchev–Trinajstić information content (AvgIpc) is 2.35. The van der Waals surface area contributed by atoms with E-state index in [1.807, 2.05) is 0 Å². The molecule has 0 aliphatic heterocycles. The predicted molar refractivity (Wildman–Crippen MR) is 60.0 cm³/mol. The maximum atomic E-state index is 11.1. The fraction of sp³-hybridized carbons (Fsp3) is 0.333. The maximum Gasteiger partial charge on any atom is 0.311 e. The third-order valence-corrected chi connectivity index (χ3v) is 2.39. The van der Waals surface area contributed by atoms with Crippen LogP contribution in [0.15, 0.2) is 24.3 Å². The summed E-state index contributed by atoms with van der Waals surface area (Å²) in [7, 11) is 2.72. The molecule has 5 nitrogen and oxygen atoms in total. The van der Waals surface area contributed by atoms with Crippen LogP contribution in [0.1, 0.15) is 17.9 Å². The van der Waals surface area contributed by atoms with Crippen LogP contribution >= 0.6 is 0 Å². The second-order valence-corrected chi connectivity index (χ2v) is 3.45. The topological polar surface area (TPSA) is 72.8 Å². The van der Waals surface area contributed by atoms with Crippen molar-refractivity contribution in [1.29, 1.82) is 0 Å². The fourth-order valence-corrected chi connectivity index (χ4v) is 1.46. The van der Waals surface area contributed by atoms with Crippen molar-refractivity contribution in [3.8, 4) is 5.75 Å². The summed E-state index contributed by atoms with van der Waals surface area (Å²) in [5.41, 5.74) is 0.516. The molecule has 0 aliphatic carbocycles. The van der Waals surface area contributed by atoms with Gasteiger partial charge in [-0.25, -0.2) is 0 Å². The van der Waals surface area contributed by atoms with Crippen LogP contribution in [0.5, 0.6) is 5.75 Å². The summed E-state index contributed by atoms with van der Waals surface area (Å²) in [4.78, 5) is 22.2. The number of carboxylic acids is 1. The number of rotatable bonds is 5. The predicted octanol–water partition coefficient (Wildman–Crippen LogP) is 1.43. The summed E-state index contributed by atoms with van der Waals surface area (Å²) in [5.74, 6) is -1.99. The van der Waals surface area contributed by atoms with Crippen molar-refractivity contribution in [1.82, 2.24) is 0 Å². The van der Waals surface area contributed by atoms with Crippen LogP contribution in [0.4, 0.5) is 0 Å². The second kappa shape index (κ2) is 5.89. The molecule has 0 aromatic heterocycles. The van der Waals surface area contributed by atoms with E-state index in [1.165, 1.54) is 14.2 Å². The number of carbonyl (C=O) groups excluding carboxylic acids is 1. The zero-order chi connectivity index (χ0) is 12.8. The Hall–Kier alpha value is -2.04. The number of esters is 1. The minimum absolute atomic E-state index is 0.195. The Morgan fingerprint density at radius 2 is 2.06 bits per heavy atom. The maximum absolute atomic E-state index is 11.1. The summed E-state index contributed by atoms with van der Waals surface area (Å²) in [6.07, 6.45) is -0.195. The number of hydrogen-bond donors (Lipinski definition) is 1. The molecule has 0 unspecified atom stereocenters. The highest BCUT2D eigenvalue weighted by Crippen LogP contribution is 2.24. The molecule has 5 heteroatoms. The first kappa shape index (κ1) is 13.0. The van der Waals surface area contributed by atoms with Gasteiger partial charge in [0.2, 0.25) is 0 Å². The van der Waals surface area contributed by atoms with Gasteiger partial charge in [0.15, 0.2) is 0 Å². The quantitative estimate of drug-likeness (QED) is 0.785. The van der Waals surface area contributed by atoms with Gasteiger partial charge in [0.05, 0.1) is 26.6 Å². The summed E-state index contributed by atoms with van der Waals surface area (Å²) in [5, 5.41) is 9.09. The van der Waals surface area contributed by atoms with Gasteiger partial charge in [0.1, 0.15) is 5.75 Å². The van der Waals surface area contributed by atoms with Gasteiger partial charge < -0.3 is 14.6 Å². The molecular formula is C12H14O5. The summed E-state index contributed by atoms with van der Waals surface area (Å²) in [6, 6.07) is 6.63. The SMILES string of the molecule is COC(=O)C[C@@H](C(=O)O)c1cccc(OC)c1. The van der Waals surface area contributed by atoms with Gasteiger partial charge in [-0.2, -0.15) is 0 Å². The molecule has 0 amide bonds. The molecule has 0 radical (unpaired) electrons. The fourth-order valence-electron chi connectivity index (χ4n) is 1.46. The summed E-state index contributed by atoms with van der Waals surface area (Å²) in [6.45, 7) is 0. The van der Waals surface area contributed by atoms with E-state index in [0.29, 0.717) is 11.3 Å². The summed E-state index contributed by atoms with van der Waals surface area (Å²) >= 11 is 0. The van der Waals surface area contributed by atoms with Crippen molar-refractivity contribution in [2.45, 2.75) is 12.3 Å². The van der Waals surface area contributed by atoms with Crippen molar-refractivity contribution in [2.75, 3.05) is 14.2 Å². The van der Waals surface area contributed by atoms with Gasteiger partial charge >= 0.3 is 11.9 Å². The van der Waals surface area contributed by atoms with Crippen molar-refractivity contribution in [2.24, 2.45) is 0 Å². The largest absolute Gasteiger partial charge is 0.497 e. The van der Waals surface area contributed by atoms with Crippen LogP contribution in [0.3, 0.4) is 0 Å². The smallest absolute Gasteiger partial charge is 0.311 e. The lowest BCUT2D eigenvalue weighted by Gasteiger charge is -2.12. The molecule has 0 bridgehead atoms. The van der Waals surface area contributed by atoms with Crippen LogP contribution in [-0.4, -0.2) is 31.3 Å². The molecular weight excluding hydrogens is 224 g/mol. The molecule has 0 saturated heterocycles. The number of carbonyl (C=O) groups is 2. The molecule has 1 atom stereocenters. The zero-order valence-corrected chi connectivity index (χ0v) is 9.67. The minimum Gasteiger partial charge on any atom is -0.497 e. The van der Waals surface area contributed by atoms with Crippen molar-refractivity contribution in [3.63, 3.8) is 0 Å². The number of aliphatic carboxylic acids is 1. The third-order valence-electron chi connectivity index (χ3n) is 2.39. The van der Waals surface area contributed by atoms with Gasteiger partial charge in [-0.1, -0.05) is 12.1 Å². The van der Waals surface area contributed by atoms with E-state index < -0.39 is 17.9 Å². The van der Waals surface area contributed by atoms with Crippen LogP contribution in [0, 0.1) is 0 Å². The minimum atomic E-state index is -1.07. The van der Waals surface area contributed by atoms with E-state index in [2.05, 4.69) is 4.74 Å². The lowest BCUT2D eigenvalue weighted by Crippen LogP contribution is -2.17. The normalized spacial score (nSPS) is 11.6. The molecule has 17 heavy (non-hydrogen) atoms. The van der Waals surface area contributed by atoms with Crippen LogP contribution in [0.2, 0.25) is 0 Å². The number of ether oxygens (including phenoxy) is 2. The van der Waals surface area contributed by atoms with Gasteiger partial charge in [0, 0.05) is 0 Å². The molecule has 92 valence electrons. The lowest BCUT2D eigenvalue weighted by molar-refractivity contribution is -0.147. The molecule has 1 rings (SSSR count). The Balaban J connectivity index is 2.96. The first-order valence-corrected chi connectivity index (χ1v) is 5.02. The van der Waals surface area contributed by atoms with Gasteiger partial charge in [-0.3, -0.25) is 9.59 Å². The summed E-state index contributed by atoms with van der Waals surface area (Å²) < 4.78 is 9.48.